The molecule has 0 aliphatic carbocycles. The number of aromatic nitrogens is 1. The molecule has 1 aliphatic heterocycles. The molecule has 0 atom stereocenters. The molecular formula is C12H16ClNO2. The van der Waals surface area contributed by atoms with E-state index >= 15 is 0 Å². The van der Waals surface area contributed by atoms with Crippen LogP contribution in [0.5, 0.6) is 5.88 Å². The van der Waals surface area contributed by atoms with Crippen molar-refractivity contribution < 1.29 is 9.47 Å². The van der Waals surface area contributed by atoms with Crippen LogP contribution in [0.25, 0.3) is 0 Å². The number of ether oxygens (including phenoxy) is 2. The van der Waals surface area contributed by atoms with Gasteiger partial charge in [-0.2, -0.15) is 0 Å². The standard InChI is InChI=1S/C12H16ClNO2/c1-9-10(8-13)2-3-12(14-9)16-11-4-6-15-7-5-11/h2-3,11H,4-8H2,1H3. The Labute approximate surface area is 101 Å². The van der Waals surface area contributed by atoms with Crippen molar-refractivity contribution >= 4 is 11.6 Å². The van der Waals surface area contributed by atoms with Gasteiger partial charge in [-0.1, -0.05) is 6.07 Å². The molecule has 0 unspecified atom stereocenters. The molecule has 1 aromatic rings. The molecule has 0 saturated carbocycles. The van der Waals surface area contributed by atoms with Crippen molar-refractivity contribution in [3.8, 4) is 5.88 Å². The van der Waals surface area contributed by atoms with E-state index in [9.17, 15) is 0 Å². The van der Waals surface area contributed by atoms with E-state index in [0.717, 1.165) is 37.3 Å². The summed E-state index contributed by atoms with van der Waals surface area (Å²) in [4.78, 5) is 4.39. The first-order valence-corrected chi connectivity index (χ1v) is 6.10. The van der Waals surface area contributed by atoms with Gasteiger partial charge in [0.05, 0.1) is 13.2 Å². The molecular weight excluding hydrogens is 226 g/mol. The Kier molecular flexibility index (Phi) is 4.02. The summed E-state index contributed by atoms with van der Waals surface area (Å²) in [6.45, 7) is 3.52. The van der Waals surface area contributed by atoms with Crippen LogP contribution >= 0.6 is 11.6 Å². The average molecular weight is 242 g/mol. The van der Waals surface area contributed by atoms with Gasteiger partial charge in [0.15, 0.2) is 0 Å². The average Bonchev–Trinajstić information content (AvgIpc) is 2.31. The van der Waals surface area contributed by atoms with Gasteiger partial charge in [-0.25, -0.2) is 4.98 Å². The quantitative estimate of drug-likeness (QED) is 0.763. The van der Waals surface area contributed by atoms with Gasteiger partial charge in [-0.05, 0) is 12.5 Å². The lowest BCUT2D eigenvalue weighted by molar-refractivity contribution is 0.0237. The number of nitrogens with zero attached hydrogens (tertiary/aromatic N) is 1. The zero-order valence-electron chi connectivity index (χ0n) is 9.41. The molecule has 2 heterocycles. The fraction of sp³-hybridized carbons (Fsp3) is 0.583. The van der Waals surface area contributed by atoms with Crippen LogP contribution < -0.4 is 4.74 Å². The topological polar surface area (TPSA) is 31.4 Å². The van der Waals surface area contributed by atoms with E-state index < -0.39 is 0 Å². The third kappa shape index (κ3) is 2.86. The highest BCUT2D eigenvalue weighted by Crippen LogP contribution is 2.18. The van der Waals surface area contributed by atoms with Crippen molar-refractivity contribution in [3.63, 3.8) is 0 Å². The number of halogens is 1. The number of pyridine rings is 1. The molecule has 4 heteroatoms. The van der Waals surface area contributed by atoms with Crippen molar-refractivity contribution in [2.24, 2.45) is 0 Å². The summed E-state index contributed by atoms with van der Waals surface area (Å²) in [7, 11) is 0. The van der Waals surface area contributed by atoms with Crippen LogP contribution in [0, 0.1) is 6.92 Å². The van der Waals surface area contributed by atoms with Gasteiger partial charge >= 0.3 is 0 Å². The Hall–Kier alpha value is -0.800. The first kappa shape index (κ1) is 11.7. The highest BCUT2D eigenvalue weighted by atomic mass is 35.5. The van der Waals surface area contributed by atoms with Crippen molar-refractivity contribution in [1.82, 2.24) is 4.98 Å². The maximum Gasteiger partial charge on any atom is 0.213 e. The molecule has 0 radical (unpaired) electrons. The van der Waals surface area contributed by atoms with Crippen LogP contribution in [0.3, 0.4) is 0 Å². The zero-order valence-corrected chi connectivity index (χ0v) is 10.2. The van der Waals surface area contributed by atoms with Gasteiger partial charge in [0.1, 0.15) is 6.10 Å². The predicted molar refractivity (Wildman–Crippen MR) is 63.0 cm³/mol. The lowest BCUT2D eigenvalue weighted by Crippen LogP contribution is -2.26. The monoisotopic (exact) mass is 241 g/mol. The zero-order chi connectivity index (χ0) is 11.4. The van der Waals surface area contributed by atoms with Crippen molar-refractivity contribution in [2.75, 3.05) is 13.2 Å². The third-order valence-electron chi connectivity index (χ3n) is 2.77. The van der Waals surface area contributed by atoms with Crippen LogP contribution in [0.4, 0.5) is 0 Å². The molecule has 0 bridgehead atoms. The fourth-order valence-corrected chi connectivity index (χ4v) is 2.02. The lowest BCUT2D eigenvalue weighted by atomic mass is 10.1. The van der Waals surface area contributed by atoms with E-state index in [-0.39, 0.29) is 6.10 Å². The minimum atomic E-state index is 0.238. The Balaban J connectivity index is 2.01. The second-order valence-electron chi connectivity index (χ2n) is 3.96. The Morgan fingerprint density at radius 1 is 1.44 bits per heavy atom. The normalized spacial score (nSPS) is 17.4. The Bertz CT molecular complexity index is 351. The maximum absolute atomic E-state index is 5.80. The van der Waals surface area contributed by atoms with E-state index in [1.807, 2.05) is 19.1 Å². The molecule has 0 amide bonds. The van der Waals surface area contributed by atoms with Crippen LogP contribution in [-0.2, 0) is 10.6 Å². The molecule has 3 nitrogen and oxygen atoms in total. The summed E-state index contributed by atoms with van der Waals surface area (Å²) in [6.07, 6.45) is 2.12. The number of hydrogen-bond donors (Lipinski definition) is 0. The van der Waals surface area contributed by atoms with E-state index in [2.05, 4.69) is 4.98 Å². The third-order valence-corrected chi connectivity index (χ3v) is 3.06. The van der Waals surface area contributed by atoms with E-state index in [1.165, 1.54) is 0 Å². The van der Waals surface area contributed by atoms with Gasteiger partial charge in [-0.15, -0.1) is 11.6 Å². The summed E-state index contributed by atoms with van der Waals surface area (Å²) < 4.78 is 11.1. The first-order chi connectivity index (χ1) is 7.79. The molecule has 1 aliphatic rings. The highest BCUT2D eigenvalue weighted by molar-refractivity contribution is 6.17. The molecule has 1 aromatic heterocycles. The summed E-state index contributed by atoms with van der Waals surface area (Å²) in [6, 6.07) is 3.87. The highest BCUT2D eigenvalue weighted by Gasteiger charge is 2.15. The predicted octanol–water partition coefficient (Wildman–Crippen LogP) is 2.69. The molecule has 2 rings (SSSR count). The fourth-order valence-electron chi connectivity index (χ4n) is 1.74. The smallest absolute Gasteiger partial charge is 0.213 e. The summed E-state index contributed by atoms with van der Waals surface area (Å²) >= 11 is 5.78. The Morgan fingerprint density at radius 3 is 2.81 bits per heavy atom. The lowest BCUT2D eigenvalue weighted by Gasteiger charge is -2.22. The number of rotatable bonds is 3. The van der Waals surface area contributed by atoms with Crippen molar-refractivity contribution in [3.05, 3.63) is 23.4 Å². The SMILES string of the molecule is Cc1nc(OC2CCOCC2)ccc1CCl. The van der Waals surface area contributed by atoms with Gasteiger partial charge in [0.2, 0.25) is 5.88 Å². The maximum atomic E-state index is 5.80. The van der Waals surface area contributed by atoms with Crippen LogP contribution in [0.1, 0.15) is 24.1 Å². The minimum absolute atomic E-state index is 0.238. The van der Waals surface area contributed by atoms with Crippen molar-refractivity contribution in [2.45, 2.75) is 31.7 Å². The van der Waals surface area contributed by atoms with Gasteiger partial charge in [0.25, 0.3) is 0 Å². The van der Waals surface area contributed by atoms with Crippen molar-refractivity contribution in [1.29, 1.82) is 0 Å². The second kappa shape index (κ2) is 5.51. The van der Waals surface area contributed by atoms with Gasteiger partial charge < -0.3 is 9.47 Å². The van der Waals surface area contributed by atoms with E-state index in [4.69, 9.17) is 21.1 Å². The molecule has 88 valence electrons. The van der Waals surface area contributed by atoms with Crippen LogP contribution in [0.15, 0.2) is 12.1 Å². The van der Waals surface area contributed by atoms with Gasteiger partial charge in [0, 0.05) is 30.5 Å². The molecule has 0 spiro atoms. The Morgan fingerprint density at radius 2 is 2.19 bits per heavy atom. The molecule has 0 aromatic carbocycles. The molecule has 0 N–H and O–H groups in total. The molecule has 1 fully saturated rings. The van der Waals surface area contributed by atoms with E-state index in [0.29, 0.717) is 11.8 Å². The second-order valence-corrected chi connectivity index (χ2v) is 4.22. The van der Waals surface area contributed by atoms with Crippen LogP contribution in [-0.4, -0.2) is 24.3 Å². The summed E-state index contributed by atoms with van der Waals surface area (Å²) in [5, 5.41) is 0. The number of aryl methyl sites for hydroxylation is 1. The largest absolute Gasteiger partial charge is 0.474 e. The first-order valence-electron chi connectivity index (χ1n) is 5.56. The summed E-state index contributed by atoms with van der Waals surface area (Å²) in [5.74, 6) is 1.19. The van der Waals surface area contributed by atoms with E-state index in [1.54, 1.807) is 0 Å². The number of alkyl halides is 1. The molecule has 16 heavy (non-hydrogen) atoms. The minimum Gasteiger partial charge on any atom is -0.474 e. The number of hydrogen-bond acceptors (Lipinski definition) is 3. The summed E-state index contributed by atoms with van der Waals surface area (Å²) in [5.41, 5.74) is 2.00. The molecule has 1 saturated heterocycles. The van der Waals surface area contributed by atoms with Gasteiger partial charge in [-0.3, -0.25) is 0 Å². The van der Waals surface area contributed by atoms with Crippen LogP contribution in [0.2, 0.25) is 0 Å².